The molecule has 1 aromatic heterocycles. The third-order valence-electron chi connectivity index (χ3n) is 5.15. The zero-order chi connectivity index (χ0) is 23.0. The molecule has 1 aliphatic rings. The number of phenols is 3. The number of aromatic hydroxyl groups is 3. The second-order valence-corrected chi connectivity index (χ2v) is 7.21. The van der Waals surface area contributed by atoms with Crippen LogP contribution in [0.2, 0.25) is 0 Å². The fourth-order valence-electron chi connectivity index (χ4n) is 3.56. The number of carbonyl (C=O) groups is 1. The summed E-state index contributed by atoms with van der Waals surface area (Å²) in [5, 5.41) is 45.1. The minimum atomic E-state index is -1.05. The van der Waals surface area contributed by atoms with Gasteiger partial charge in [0, 0.05) is 18.7 Å². The maximum absolute atomic E-state index is 13.3. The summed E-state index contributed by atoms with van der Waals surface area (Å²) < 4.78 is 18.5. The highest BCUT2D eigenvalue weighted by Gasteiger charge is 2.36. The Balaban J connectivity index is 1.87. The summed E-state index contributed by atoms with van der Waals surface area (Å²) >= 11 is 0. The predicted molar refractivity (Wildman–Crippen MR) is 107 cm³/mol. The Morgan fingerprint density at radius 1 is 1.12 bits per heavy atom. The lowest BCUT2D eigenvalue weighted by Crippen LogP contribution is -2.36. The molecule has 0 spiro atoms. The van der Waals surface area contributed by atoms with Gasteiger partial charge < -0.3 is 24.7 Å². The van der Waals surface area contributed by atoms with Crippen LogP contribution < -0.4 is 0 Å². The summed E-state index contributed by atoms with van der Waals surface area (Å²) in [7, 11) is 0. The van der Waals surface area contributed by atoms with Crippen molar-refractivity contribution in [1.29, 1.82) is 0 Å². The lowest BCUT2D eigenvalue weighted by molar-refractivity contribution is -0.386. The van der Waals surface area contributed by atoms with E-state index in [2.05, 4.69) is 10.1 Å². The molecule has 11 nitrogen and oxygen atoms in total. The molecule has 3 N–H and O–H groups in total. The smallest absolute Gasteiger partial charge is 0.328 e. The van der Waals surface area contributed by atoms with Crippen LogP contribution in [-0.4, -0.2) is 54.3 Å². The minimum absolute atomic E-state index is 0.0955. The first-order chi connectivity index (χ1) is 15.3. The Bertz CT molecular complexity index is 1220. The Labute approximate surface area is 179 Å². The lowest BCUT2D eigenvalue weighted by atomic mass is 10.0. The number of nitrogens with zero attached hydrogens (tertiary/aromatic N) is 4. The van der Waals surface area contributed by atoms with E-state index in [-0.39, 0.29) is 22.8 Å². The highest BCUT2D eigenvalue weighted by Crippen LogP contribution is 2.44. The normalized spacial score (nSPS) is 13.8. The van der Waals surface area contributed by atoms with Gasteiger partial charge in [-0.15, -0.1) is 0 Å². The van der Waals surface area contributed by atoms with Crippen molar-refractivity contribution in [2.75, 3.05) is 13.1 Å². The van der Waals surface area contributed by atoms with Crippen LogP contribution in [0.3, 0.4) is 0 Å². The second-order valence-electron chi connectivity index (χ2n) is 7.21. The number of halogens is 1. The molecule has 1 fully saturated rings. The first-order valence-electron chi connectivity index (χ1n) is 9.63. The Morgan fingerprint density at radius 3 is 2.50 bits per heavy atom. The van der Waals surface area contributed by atoms with Gasteiger partial charge in [-0.05, 0) is 43.5 Å². The number of amides is 1. The van der Waals surface area contributed by atoms with Crippen LogP contribution in [-0.2, 0) is 0 Å². The number of hydrogen-bond acceptors (Lipinski definition) is 9. The maximum atomic E-state index is 13.3. The lowest BCUT2D eigenvalue weighted by Gasteiger charge is -2.27. The van der Waals surface area contributed by atoms with Crippen LogP contribution in [0.15, 0.2) is 28.8 Å². The van der Waals surface area contributed by atoms with Crippen LogP contribution in [0.5, 0.6) is 17.2 Å². The molecule has 166 valence electrons. The monoisotopic (exact) mass is 444 g/mol. The number of likely N-dealkylation sites (tertiary alicyclic amines) is 1. The fraction of sp³-hybridized carbons (Fsp3) is 0.250. The van der Waals surface area contributed by atoms with Gasteiger partial charge in [0.25, 0.3) is 11.8 Å². The van der Waals surface area contributed by atoms with Gasteiger partial charge in [0.05, 0.1) is 10.5 Å². The van der Waals surface area contributed by atoms with Crippen molar-refractivity contribution in [2.24, 2.45) is 0 Å². The van der Waals surface area contributed by atoms with Crippen molar-refractivity contribution in [3.05, 3.63) is 45.8 Å². The molecule has 3 aromatic rings. The van der Waals surface area contributed by atoms with E-state index < -0.39 is 45.1 Å². The third kappa shape index (κ3) is 3.66. The molecule has 1 aliphatic heterocycles. The second kappa shape index (κ2) is 8.13. The molecular formula is C20H17FN4O7. The van der Waals surface area contributed by atoms with Gasteiger partial charge in [-0.1, -0.05) is 5.16 Å². The number of benzene rings is 2. The van der Waals surface area contributed by atoms with Gasteiger partial charge in [0.2, 0.25) is 11.6 Å². The number of piperidine rings is 1. The van der Waals surface area contributed by atoms with Gasteiger partial charge in [0.15, 0.2) is 17.3 Å². The largest absolute Gasteiger partial charge is 0.505 e. The molecule has 32 heavy (non-hydrogen) atoms. The molecule has 2 aromatic carbocycles. The number of nitro groups is 1. The van der Waals surface area contributed by atoms with E-state index in [0.717, 1.165) is 37.5 Å². The number of phenolic OH excluding ortho intramolecular Hbond substituents is 3. The van der Waals surface area contributed by atoms with Gasteiger partial charge in [-0.3, -0.25) is 14.9 Å². The van der Waals surface area contributed by atoms with E-state index in [0.29, 0.717) is 13.1 Å². The Hall–Kier alpha value is -4.22. The van der Waals surface area contributed by atoms with Crippen molar-refractivity contribution >= 4 is 11.6 Å². The molecule has 0 unspecified atom stereocenters. The van der Waals surface area contributed by atoms with Crippen molar-refractivity contribution in [3.8, 4) is 40.1 Å². The molecule has 0 bridgehead atoms. The zero-order valence-corrected chi connectivity index (χ0v) is 16.5. The molecule has 0 saturated carbocycles. The number of aromatic nitrogens is 2. The molecular weight excluding hydrogens is 427 g/mol. The van der Waals surface area contributed by atoms with E-state index in [1.165, 1.54) is 11.0 Å². The summed E-state index contributed by atoms with van der Waals surface area (Å²) in [6.07, 6.45) is 2.35. The number of hydrogen-bond donors (Lipinski definition) is 3. The number of rotatable bonds is 4. The summed E-state index contributed by atoms with van der Waals surface area (Å²) in [5.41, 5.74) is -1.54. The average Bonchev–Trinajstić information content (AvgIpc) is 3.27. The van der Waals surface area contributed by atoms with Gasteiger partial charge in [-0.2, -0.15) is 4.98 Å². The van der Waals surface area contributed by atoms with Crippen molar-refractivity contribution < 1.29 is 34.0 Å². The summed E-state index contributed by atoms with van der Waals surface area (Å²) in [5.74, 6) is -4.56. The Kier molecular flexibility index (Phi) is 5.34. The SMILES string of the molecule is O=C(c1c(-c2nc(-c3ccc(F)c(O)c3)no2)cc(O)c(O)c1[N+](=O)[O-])N1CCCCC1. The highest BCUT2D eigenvalue weighted by molar-refractivity contribution is 6.05. The van der Waals surface area contributed by atoms with Gasteiger partial charge in [0.1, 0.15) is 5.56 Å². The van der Waals surface area contributed by atoms with Crippen LogP contribution >= 0.6 is 0 Å². The average molecular weight is 444 g/mol. The van der Waals surface area contributed by atoms with Crippen molar-refractivity contribution in [2.45, 2.75) is 19.3 Å². The van der Waals surface area contributed by atoms with E-state index >= 15 is 0 Å². The van der Waals surface area contributed by atoms with E-state index in [9.17, 15) is 34.6 Å². The van der Waals surface area contributed by atoms with Crippen molar-refractivity contribution in [3.63, 3.8) is 0 Å². The van der Waals surface area contributed by atoms with E-state index in [1.807, 2.05) is 0 Å². The molecule has 12 heteroatoms. The molecule has 0 radical (unpaired) electrons. The Morgan fingerprint density at radius 2 is 1.84 bits per heavy atom. The fourth-order valence-corrected chi connectivity index (χ4v) is 3.56. The minimum Gasteiger partial charge on any atom is -0.505 e. The molecule has 0 aliphatic carbocycles. The summed E-state index contributed by atoms with van der Waals surface area (Å²) in [6, 6.07) is 4.25. The van der Waals surface area contributed by atoms with Crippen molar-refractivity contribution in [1.82, 2.24) is 15.0 Å². The highest BCUT2D eigenvalue weighted by atomic mass is 19.1. The first-order valence-corrected chi connectivity index (χ1v) is 9.63. The van der Waals surface area contributed by atoms with Crippen LogP contribution in [0.1, 0.15) is 29.6 Å². The predicted octanol–water partition coefficient (Wildman–Crippen LogP) is 3.19. The topological polar surface area (TPSA) is 163 Å². The maximum Gasteiger partial charge on any atom is 0.328 e. The number of carbonyl (C=O) groups excluding carboxylic acids is 1. The van der Waals surface area contributed by atoms with Gasteiger partial charge in [-0.25, -0.2) is 4.39 Å². The third-order valence-corrected chi connectivity index (χ3v) is 5.15. The summed E-state index contributed by atoms with van der Waals surface area (Å²) in [6.45, 7) is 0.752. The van der Waals surface area contributed by atoms with E-state index in [4.69, 9.17) is 4.52 Å². The quantitative estimate of drug-likeness (QED) is 0.311. The molecule has 2 heterocycles. The van der Waals surface area contributed by atoms with Crippen LogP contribution in [0.4, 0.5) is 10.1 Å². The molecule has 4 rings (SSSR count). The molecule has 1 amide bonds. The molecule has 1 saturated heterocycles. The van der Waals surface area contributed by atoms with E-state index in [1.54, 1.807) is 0 Å². The van der Waals surface area contributed by atoms with Crippen LogP contribution in [0.25, 0.3) is 22.8 Å². The zero-order valence-electron chi connectivity index (χ0n) is 16.5. The molecule has 0 atom stereocenters. The summed E-state index contributed by atoms with van der Waals surface area (Å²) in [4.78, 5) is 29.4. The number of nitro benzene ring substituents is 1. The van der Waals surface area contributed by atoms with Gasteiger partial charge >= 0.3 is 5.69 Å². The standard InChI is InChI=1S/C20H17FN4O7/c21-12-5-4-10(8-13(12)26)18-22-19(32-23-18)11-9-14(27)17(28)16(25(30)31)15(11)20(29)24-6-2-1-3-7-24/h4-5,8-9,26-28H,1-3,6-7H2. The first kappa shape index (κ1) is 21.0. The van der Waals surface area contributed by atoms with Crippen LogP contribution in [0, 0.1) is 15.9 Å².